The first-order valence-electron chi connectivity index (χ1n) is 6.88. The van der Waals surface area contributed by atoms with Crippen molar-refractivity contribution in [2.75, 3.05) is 19.6 Å². The summed E-state index contributed by atoms with van der Waals surface area (Å²) >= 11 is 0. The lowest BCUT2D eigenvalue weighted by Crippen LogP contribution is -2.38. The second-order valence-corrected chi connectivity index (χ2v) is 5.05. The summed E-state index contributed by atoms with van der Waals surface area (Å²) in [5.41, 5.74) is 0. The van der Waals surface area contributed by atoms with Crippen LogP contribution >= 0.6 is 0 Å². The first-order valence-corrected chi connectivity index (χ1v) is 6.88. The molecule has 0 aromatic heterocycles. The number of rotatable bonds is 9. The summed E-state index contributed by atoms with van der Waals surface area (Å²) in [6.07, 6.45) is 3.83. The van der Waals surface area contributed by atoms with Gasteiger partial charge in [-0.15, -0.1) is 0 Å². The molecule has 0 saturated heterocycles. The van der Waals surface area contributed by atoms with Crippen LogP contribution in [0.3, 0.4) is 0 Å². The molecule has 0 heterocycles. The van der Waals surface area contributed by atoms with E-state index in [0.717, 1.165) is 18.9 Å². The molecule has 18 heavy (non-hydrogen) atoms. The molecule has 1 fully saturated rings. The van der Waals surface area contributed by atoms with Crippen LogP contribution in [0.5, 0.6) is 0 Å². The van der Waals surface area contributed by atoms with Crippen molar-refractivity contribution in [3.05, 3.63) is 0 Å². The molecule has 104 valence electrons. The molecule has 1 rings (SSSR count). The van der Waals surface area contributed by atoms with Crippen molar-refractivity contribution in [3.63, 3.8) is 0 Å². The Morgan fingerprint density at radius 1 is 1.28 bits per heavy atom. The Balaban J connectivity index is 1.94. The van der Waals surface area contributed by atoms with Crippen molar-refractivity contribution in [1.29, 1.82) is 0 Å². The third-order valence-electron chi connectivity index (χ3n) is 3.11. The van der Waals surface area contributed by atoms with Gasteiger partial charge in [-0.25, -0.2) is 0 Å². The lowest BCUT2D eigenvalue weighted by molar-refractivity contribution is -0.122. The van der Waals surface area contributed by atoms with Gasteiger partial charge >= 0.3 is 0 Å². The molecule has 0 radical (unpaired) electrons. The highest BCUT2D eigenvalue weighted by molar-refractivity contribution is 5.80. The van der Waals surface area contributed by atoms with Crippen LogP contribution in [0.25, 0.3) is 0 Å². The van der Waals surface area contributed by atoms with Gasteiger partial charge < -0.3 is 16.0 Å². The molecule has 3 N–H and O–H groups in total. The molecule has 5 heteroatoms. The predicted octanol–water partition coefficient (Wildman–Crippen LogP) is 0.407. The van der Waals surface area contributed by atoms with Crippen LogP contribution in [0.4, 0.5) is 0 Å². The molecular formula is C13H25N3O2. The van der Waals surface area contributed by atoms with Crippen LogP contribution in [-0.2, 0) is 9.59 Å². The summed E-state index contributed by atoms with van der Waals surface area (Å²) in [6.45, 7) is 5.69. The van der Waals surface area contributed by atoms with E-state index in [-0.39, 0.29) is 17.9 Å². The van der Waals surface area contributed by atoms with Crippen molar-refractivity contribution in [2.45, 2.75) is 45.6 Å². The Bertz CT molecular complexity index is 277. The number of hydrogen-bond donors (Lipinski definition) is 3. The molecule has 0 aromatic rings. The van der Waals surface area contributed by atoms with Crippen LogP contribution in [0.2, 0.25) is 0 Å². The molecule has 1 unspecified atom stereocenters. The van der Waals surface area contributed by atoms with Crippen molar-refractivity contribution >= 4 is 11.8 Å². The maximum absolute atomic E-state index is 11.4. The lowest BCUT2D eigenvalue weighted by Gasteiger charge is -2.11. The molecule has 1 atom stereocenters. The van der Waals surface area contributed by atoms with Crippen molar-refractivity contribution in [2.24, 2.45) is 5.92 Å². The maximum atomic E-state index is 11.4. The van der Waals surface area contributed by atoms with Crippen molar-refractivity contribution in [3.8, 4) is 0 Å². The standard InChI is InChI=1S/C13H25N3O2/c1-3-10(2)16-12(17)6-7-15-13(18)9-14-8-11-4-5-11/h10-11,14H,3-9H2,1-2H3,(H,15,18)(H,16,17). The summed E-state index contributed by atoms with van der Waals surface area (Å²) in [4.78, 5) is 22.8. The predicted molar refractivity (Wildman–Crippen MR) is 71.1 cm³/mol. The van der Waals surface area contributed by atoms with E-state index in [0.29, 0.717) is 19.5 Å². The van der Waals surface area contributed by atoms with Gasteiger partial charge in [-0.3, -0.25) is 9.59 Å². The van der Waals surface area contributed by atoms with E-state index in [1.54, 1.807) is 0 Å². The van der Waals surface area contributed by atoms with E-state index in [4.69, 9.17) is 0 Å². The fourth-order valence-electron chi connectivity index (χ4n) is 1.54. The summed E-state index contributed by atoms with van der Waals surface area (Å²) in [7, 11) is 0. The SMILES string of the molecule is CCC(C)NC(=O)CCNC(=O)CNCC1CC1. The third kappa shape index (κ3) is 7.27. The van der Waals surface area contributed by atoms with Crippen molar-refractivity contribution < 1.29 is 9.59 Å². The van der Waals surface area contributed by atoms with Gasteiger partial charge in [-0.1, -0.05) is 6.92 Å². The highest BCUT2D eigenvalue weighted by Gasteiger charge is 2.20. The molecular weight excluding hydrogens is 230 g/mol. The van der Waals surface area contributed by atoms with E-state index in [2.05, 4.69) is 16.0 Å². The monoisotopic (exact) mass is 255 g/mol. The molecule has 1 aliphatic rings. The summed E-state index contributed by atoms with van der Waals surface area (Å²) in [6, 6.07) is 0.202. The quantitative estimate of drug-likeness (QED) is 0.559. The normalized spacial score (nSPS) is 16.1. The van der Waals surface area contributed by atoms with E-state index in [9.17, 15) is 9.59 Å². The second kappa shape index (κ2) is 8.08. The Morgan fingerprint density at radius 3 is 2.61 bits per heavy atom. The maximum Gasteiger partial charge on any atom is 0.233 e. The highest BCUT2D eigenvalue weighted by atomic mass is 16.2. The van der Waals surface area contributed by atoms with Gasteiger partial charge in [0, 0.05) is 19.0 Å². The smallest absolute Gasteiger partial charge is 0.233 e. The lowest BCUT2D eigenvalue weighted by atomic mass is 10.2. The fraction of sp³-hybridized carbons (Fsp3) is 0.846. The minimum Gasteiger partial charge on any atom is -0.354 e. The first kappa shape index (κ1) is 15.0. The van der Waals surface area contributed by atoms with Crippen LogP contribution in [-0.4, -0.2) is 37.5 Å². The second-order valence-electron chi connectivity index (χ2n) is 5.05. The van der Waals surface area contributed by atoms with Gasteiger partial charge in [0.1, 0.15) is 0 Å². The Morgan fingerprint density at radius 2 is 2.00 bits per heavy atom. The summed E-state index contributed by atoms with van der Waals surface area (Å²) < 4.78 is 0. The van der Waals surface area contributed by atoms with Gasteiger partial charge in [0.05, 0.1) is 6.54 Å². The number of carbonyl (C=O) groups is 2. The van der Waals surface area contributed by atoms with Gasteiger partial charge in [0.2, 0.25) is 11.8 Å². The zero-order valence-electron chi connectivity index (χ0n) is 11.4. The largest absolute Gasteiger partial charge is 0.354 e. The molecule has 5 nitrogen and oxygen atoms in total. The van der Waals surface area contributed by atoms with E-state index in [1.165, 1.54) is 12.8 Å². The zero-order chi connectivity index (χ0) is 13.4. The number of nitrogens with one attached hydrogen (secondary N) is 3. The van der Waals surface area contributed by atoms with E-state index in [1.807, 2.05) is 13.8 Å². The van der Waals surface area contributed by atoms with Gasteiger partial charge in [-0.05, 0) is 38.6 Å². The highest BCUT2D eigenvalue weighted by Crippen LogP contribution is 2.27. The number of amides is 2. The van der Waals surface area contributed by atoms with Gasteiger partial charge in [-0.2, -0.15) is 0 Å². The molecule has 0 spiro atoms. The van der Waals surface area contributed by atoms with Crippen LogP contribution in [0.15, 0.2) is 0 Å². The van der Waals surface area contributed by atoms with Crippen LogP contribution < -0.4 is 16.0 Å². The van der Waals surface area contributed by atoms with Crippen LogP contribution in [0.1, 0.15) is 39.5 Å². The molecule has 0 aromatic carbocycles. The average molecular weight is 255 g/mol. The zero-order valence-corrected chi connectivity index (χ0v) is 11.4. The van der Waals surface area contributed by atoms with Crippen LogP contribution in [0, 0.1) is 5.92 Å². The summed E-state index contributed by atoms with van der Waals surface area (Å²) in [5.74, 6) is 0.738. The Hall–Kier alpha value is -1.10. The van der Waals surface area contributed by atoms with Gasteiger partial charge in [0.15, 0.2) is 0 Å². The Kier molecular flexibility index (Phi) is 6.72. The van der Waals surface area contributed by atoms with E-state index < -0.39 is 0 Å². The molecule has 0 bridgehead atoms. The molecule has 1 saturated carbocycles. The Labute approximate surface area is 109 Å². The molecule has 0 aliphatic heterocycles. The topological polar surface area (TPSA) is 70.2 Å². The minimum absolute atomic E-state index is 0.00408. The number of hydrogen-bond acceptors (Lipinski definition) is 3. The number of carbonyl (C=O) groups excluding carboxylic acids is 2. The van der Waals surface area contributed by atoms with E-state index >= 15 is 0 Å². The molecule has 1 aliphatic carbocycles. The molecule has 2 amide bonds. The first-order chi connectivity index (χ1) is 8.61. The fourth-order valence-corrected chi connectivity index (χ4v) is 1.54. The van der Waals surface area contributed by atoms with Crippen molar-refractivity contribution in [1.82, 2.24) is 16.0 Å². The minimum atomic E-state index is -0.0352. The third-order valence-corrected chi connectivity index (χ3v) is 3.11. The summed E-state index contributed by atoms with van der Waals surface area (Å²) in [5, 5.41) is 8.71. The average Bonchev–Trinajstić information content (AvgIpc) is 3.12. The van der Waals surface area contributed by atoms with Gasteiger partial charge in [0.25, 0.3) is 0 Å².